The topological polar surface area (TPSA) is 38.7 Å². The average molecular weight is 1090 g/mol. The summed E-state index contributed by atoms with van der Waals surface area (Å²) in [5.74, 6) is 0. The second-order valence-electron chi connectivity index (χ2n) is 17.6. The molecule has 0 atom stereocenters. The molecule has 11 aromatic rings. The van der Waals surface area contributed by atoms with E-state index in [0.29, 0.717) is 0 Å². The van der Waals surface area contributed by atoms with Gasteiger partial charge in [-0.15, -0.1) is 94.5 Å². The van der Waals surface area contributed by atoms with Crippen LogP contribution in [0.25, 0.3) is 89.4 Å². The molecule has 0 spiro atoms. The van der Waals surface area contributed by atoms with Crippen molar-refractivity contribution >= 4 is 0 Å². The molecular formula is C67H48IrN3. The molecule has 3 aromatic heterocycles. The molecule has 71 heavy (non-hydrogen) atoms. The van der Waals surface area contributed by atoms with Crippen molar-refractivity contribution in [2.75, 3.05) is 0 Å². The zero-order valence-electron chi connectivity index (χ0n) is 39.1. The first kappa shape index (κ1) is 46.6. The first-order valence-corrected chi connectivity index (χ1v) is 24.0. The summed E-state index contributed by atoms with van der Waals surface area (Å²) in [6, 6.07) is 90.4. The molecule has 11 rings (SSSR count). The van der Waals surface area contributed by atoms with Gasteiger partial charge in [-0.3, -0.25) is 0 Å². The van der Waals surface area contributed by atoms with E-state index in [1.165, 1.54) is 55.6 Å². The van der Waals surface area contributed by atoms with Crippen LogP contribution < -0.4 is 0 Å². The van der Waals surface area contributed by atoms with Crippen LogP contribution in [0.3, 0.4) is 0 Å². The van der Waals surface area contributed by atoms with Crippen molar-refractivity contribution in [3.05, 3.63) is 283 Å². The fraction of sp³-hybridized carbons (Fsp3) is 0.0597. The largest absolute Gasteiger partial charge is 3.00 e. The molecule has 3 heterocycles. The molecule has 0 radical (unpaired) electrons. The van der Waals surface area contributed by atoms with E-state index >= 15 is 0 Å². The molecule has 0 saturated carbocycles. The van der Waals surface area contributed by atoms with Crippen LogP contribution in [0.15, 0.2) is 243 Å². The average Bonchev–Trinajstić information content (AvgIpc) is 3.45. The second kappa shape index (κ2) is 22.1. The summed E-state index contributed by atoms with van der Waals surface area (Å²) in [7, 11) is 0. The van der Waals surface area contributed by atoms with Gasteiger partial charge < -0.3 is 15.0 Å². The van der Waals surface area contributed by atoms with E-state index in [1.54, 1.807) is 0 Å². The maximum absolute atomic E-state index is 4.73. The van der Waals surface area contributed by atoms with Crippen LogP contribution in [0.5, 0.6) is 0 Å². The van der Waals surface area contributed by atoms with Crippen molar-refractivity contribution in [1.82, 2.24) is 15.0 Å². The minimum Gasteiger partial charge on any atom is -0.305 e. The maximum atomic E-state index is 4.73. The summed E-state index contributed by atoms with van der Waals surface area (Å²) in [5.41, 5.74) is 22.5. The Kier molecular flexibility index (Phi) is 14.5. The third-order valence-corrected chi connectivity index (χ3v) is 13.0. The third kappa shape index (κ3) is 11.0. The number of rotatable bonds is 14. The Morgan fingerprint density at radius 1 is 0.268 bits per heavy atom. The van der Waals surface area contributed by atoms with Gasteiger partial charge in [0, 0.05) is 18.6 Å². The minimum absolute atomic E-state index is 0. The fourth-order valence-electron chi connectivity index (χ4n) is 9.29. The Hall–Kier alpha value is -8.14. The van der Waals surface area contributed by atoms with Crippen LogP contribution in [0.2, 0.25) is 0 Å². The van der Waals surface area contributed by atoms with Gasteiger partial charge in [0.2, 0.25) is 0 Å². The normalized spacial score (nSPS) is 10.9. The van der Waals surface area contributed by atoms with Crippen LogP contribution in [0.1, 0.15) is 22.3 Å². The van der Waals surface area contributed by atoms with Crippen LogP contribution in [0.4, 0.5) is 0 Å². The number of pyridine rings is 3. The Labute approximate surface area is 431 Å². The molecule has 340 valence electrons. The standard InChI is InChI=1S/C67H48N3.Ir/c1-2-12-52(13-3-1)53-31-33-54(34-32-53)55-35-37-56(38-36-55)64-47-59(67-18-8-11-43-70-67)39-40-63(64)62-15-5-4-14-61(62)60-45-50(21-19-48-23-27-57(28-24-48)65-16-6-9-41-68-65)44-51(46-60)22-20-49-25-29-58(30-26-49)66-17-7-10-42-69-66;/h1-18,23-27,29,31-38,40-47H,19-22H2;/q-3;+3. The first-order chi connectivity index (χ1) is 34.7. The molecule has 0 saturated heterocycles. The minimum atomic E-state index is 0. The molecule has 3 nitrogen and oxygen atoms in total. The van der Waals surface area contributed by atoms with Gasteiger partial charge in [0.25, 0.3) is 0 Å². The predicted molar refractivity (Wildman–Crippen MR) is 288 cm³/mol. The Bertz CT molecular complexity index is 3360. The number of aryl methyl sites for hydroxylation is 4. The third-order valence-electron chi connectivity index (χ3n) is 13.0. The SMILES string of the molecule is [Ir+3].[c-]1cc(CCc2cc(CCc3c[c-]c(-c4ccccn4)cc3)cc(-c3ccccc3-c3c[c-]c(-c4ccccn4)cc3-c3ccc(-c4ccc(-c5ccccc5)cc4)cc3)c2)ccc1-c1ccccn1. The number of benzene rings is 8. The molecule has 0 aliphatic heterocycles. The van der Waals surface area contributed by atoms with E-state index in [9.17, 15) is 0 Å². The van der Waals surface area contributed by atoms with Gasteiger partial charge in [-0.2, -0.15) is 0 Å². The second-order valence-corrected chi connectivity index (χ2v) is 17.6. The molecule has 0 N–H and O–H groups in total. The summed E-state index contributed by atoms with van der Waals surface area (Å²) < 4.78 is 0. The van der Waals surface area contributed by atoms with Crippen LogP contribution in [-0.4, -0.2) is 15.0 Å². The molecule has 0 aliphatic carbocycles. The monoisotopic (exact) mass is 1090 g/mol. The van der Waals surface area contributed by atoms with Crippen molar-refractivity contribution in [3.8, 4) is 89.4 Å². The van der Waals surface area contributed by atoms with Gasteiger partial charge >= 0.3 is 20.1 Å². The van der Waals surface area contributed by atoms with Crippen molar-refractivity contribution in [2.24, 2.45) is 0 Å². The summed E-state index contributed by atoms with van der Waals surface area (Å²) in [6.45, 7) is 0. The summed E-state index contributed by atoms with van der Waals surface area (Å²) >= 11 is 0. The van der Waals surface area contributed by atoms with Crippen molar-refractivity contribution < 1.29 is 20.1 Å². The zero-order valence-corrected chi connectivity index (χ0v) is 41.5. The van der Waals surface area contributed by atoms with E-state index in [1.807, 2.05) is 67.1 Å². The van der Waals surface area contributed by atoms with E-state index in [0.717, 1.165) is 81.7 Å². The van der Waals surface area contributed by atoms with Crippen molar-refractivity contribution in [2.45, 2.75) is 25.7 Å². The molecular weight excluding hydrogens is 1040 g/mol. The van der Waals surface area contributed by atoms with E-state index in [4.69, 9.17) is 4.98 Å². The van der Waals surface area contributed by atoms with E-state index < -0.39 is 0 Å². The van der Waals surface area contributed by atoms with Crippen LogP contribution in [-0.2, 0) is 45.8 Å². The molecule has 0 bridgehead atoms. The molecule has 0 unspecified atom stereocenters. The predicted octanol–water partition coefficient (Wildman–Crippen LogP) is 16.2. The molecule has 0 aliphatic rings. The number of aromatic nitrogens is 3. The van der Waals surface area contributed by atoms with Gasteiger partial charge in [-0.25, -0.2) is 0 Å². The van der Waals surface area contributed by atoms with Crippen LogP contribution in [0, 0.1) is 18.2 Å². The van der Waals surface area contributed by atoms with Gasteiger partial charge in [0.05, 0.1) is 0 Å². The van der Waals surface area contributed by atoms with Crippen LogP contribution >= 0.6 is 0 Å². The molecule has 8 aromatic carbocycles. The maximum Gasteiger partial charge on any atom is 3.00 e. The first-order valence-electron chi connectivity index (χ1n) is 24.0. The Balaban J connectivity index is 0.00000582. The molecule has 0 fully saturated rings. The van der Waals surface area contributed by atoms with E-state index in [2.05, 4.69) is 204 Å². The van der Waals surface area contributed by atoms with Crippen molar-refractivity contribution in [1.29, 1.82) is 0 Å². The summed E-state index contributed by atoms with van der Waals surface area (Å²) in [4.78, 5) is 13.8. The number of hydrogen-bond acceptors (Lipinski definition) is 3. The van der Waals surface area contributed by atoms with Gasteiger partial charge in [-0.1, -0.05) is 187 Å². The Morgan fingerprint density at radius 2 is 0.690 bits per heavy atom. The van der Waals surface area contributed by atoms with Gasteiger partial charge in [-0.05, 0) is 98.2 Å². The fourth-order valence-corrected chi connectivity index (χ4v) is 9.29. The Morgan fingerprint density at radius 3 is 1.17 bits per heavy atom. The van der Waals surface area contributed by atoms with E-state index in [-0.39, 0.29) is 20.1 Å². The van der Waals surface area contributed by atoms with Gasteiger partial charge in [0.15, 0.2) is 0 Å². The quantitative estimate of drug-likeness (QED) is 0.102. The molecule has 4 heteroatoms. The van der Waals surface area contributed by atoms with Gasteiger partial charge in [0.1, 0.15) is 0 Å². The zero-order chi connectivity index (χ0) is 46.9. The smallest absolute Gasteiger partial charge is 0.305 e. The van der Waals surface area contributed by atoms with Crippen molar-refractivity contribution in [3.63, 3.8) is 0 Å². The summed E-state index contributed by atoms with van der Waals surface area (Å²) in [6.07, 6.45) is 9.09. The number of nitrogens with zero attached hydrogens (tertiary/aromatic N) is 3. The molecule has 0 amide bonds. The number of hydrogen-bond donors (Lipinski definition) is 0. The summed E-state index contributed by atoms with van der Waals surface area (Å²) in [5, 5.41) is 0.